The molecule has 0 spiro atoms. The van der Waals surface area contributed by atoms with E-state index in [2.05, 4.69) is 51.9 Å². The molecule has 0 aromatic heterocycles. The molecule has 2 N–H and O–H groups in total. The summed E-state index contributed by atoms with van der Waals surface area (Å²) in [4.78, 5) is 14.6. The monoisotopic (exact) mass is 379 g/mol. The molecule has 4 heteroatoms. The molecule has 2 aromatic carbocycles. The van der Waals surface area contributed by atoms with Crippen molar-refractivity contribution in [3.8, 4) is 0 Å². The average molecular weight is 380 g/mol. The Balaban J connectivity index is 1.29. The molecule has 1 aliphatic rings. The molecule has 1 saturated heterocycles. The summed E-state index contributed by atoms with van der Waals surface area (Å²) < 4.78 is 0. The summed E-state index contributed by atoms with van der Waals surface area (Å²) in [6.45, 7) is 8.19. The highest BCUT2D eigenvalue weighted by Crippen LogP contribution is 2.21. The zero-order valence-electron chi connectivity index (χ0n) is 17.2. The zero-order valence-corrected chi connectivity index (χ0v) is 17.2. The lowest BCUT2D eigenvalue weighted by Gasteiger charge is -2.32. The minimum atomic E-state index is -0.119. The molecule has 0 atom stereocenters. The van der Waals surface area contributed by atoms with E-state index in [4.69, 9.17) is 0 Å². The standard InChI is InChI=1S/C24H33N3O/c1-19-15-20(2)17-23(16-19)26-24(28)25-11-6-12-27-13-9-22(10-14-27)18-21-7-4-3-5-8-21/h3-5,7-8,15-17,22H,6,9-14,18H2,1-2H3,(H2,25,26,28). The van der Waals surface area contributed by atoms with Gasteiger partial charge in [-0.1, -0.05) is 36.4 Å². The van der Waals surface area contributed by atoms with E-state index in [9.17, 15) is 4.79 Å². The Morgan fingerprint density at radius 1 is 1.04 bits per heavy atom. The largest absolute Gasteiger partial charge is 0.338 e. The highest BCUT2D eigenvalue weighted by Gasteiger charge is 2.19. The molecule has 2 aromatic rings. The van der Waals surface area contributed by atoms with Crippen molar-refractivity contribution in [3.63, 3.8) is 0 Å². The number of rotatable bonds is 7. The normalized spacial score (nSPS) is 15.4. The van der Waals surface area contributed by atoms with Crippen molar-refractivity contribution in [2.75, 3.05) is 31.5 Å². The molecule has 0 saturated carbocycles. The number of carbonyl (C=O) groups is 1. The third kappa shape index (κ3) is 6.68. The number of nitrogens with one attached hydrogen (secondary N) is 2. The molecule has 1 heterocycles. The maximum atomic E-state index is 12.1. The van der Waals surface area contributed by atoms with Gasteiger partial charge in [-0.25, -0.2) is 4.79 Å². The van der Waals surface area contributed by atoms with Crippen LogP contribution in [0.3, 0.4) is 0 Å². The summed E-state index contributed by atoms with van der Waals surface area (Å²) >= 11 is 0. The predicted octanol–water partition coefficient (Wildman–Crippen LogP) is 4.77. The fourth-order valence-electron chi connectivity index (χ4n) is 4.09. The minimum Gasteiger partial charge on any atom is -0.338 e. The van der Waals surface area contributed by atoms with Crippen LogP contribution in [-0.4, -0.2) is 37.1 Å². The number of nitrogens with zero attached hydrogens (tertiary/aromatic N) is 1. The summed E-state index contributed by atoms with van der Waals surface area (Å²) in [5.74, 6) is 0.806. The smallest absolute Gasteiger partial charge is 0.319 e. The van der Waals surface area contributed by atoms with E-state index in [0.717, 1.165) is 35.7 Å². The van der Waals surface area contributed by atoms with Crippen molar-refractivity contribution in [2.24, 2.45) is 5.92 Å². The Morgan fingerprint density at radius 3 is 2.39 bits per heavy atom. The molecule has 3 rings (SSSR count). The van der Waals surface area contributed by atoms with Crippen LogP contribution in [0.2, 0.25) is 0 Å². The Kier molecular flexibility index (Phi) is 7.49. The van der Waals surface area contributed by atoms with Crippen molar-refractivity contribution < 1.29 is 4.79 Å². The molecule has 0 radical (unpaired) electrons. The number of likely N-dealkylation sites (tertiary alicyclic amines) is 1. The number of hydrogen-bond donors (Lipinski definition) is 2. The first kappa shape index (κ1) is 20.4. The Hall–Kier alpha value is -2.33. The van der Waals surface area contributed by atoms with Gasteiger partial charge in [0.2, 0.25) is 0 Å². The predicted molar refractivity (Wildman–Crippen MR) is 117 cm³/mol. The number of hydrogen-bond acceptors (Lipinski definition) is 2. The third-order valence-electron chi connectivity index (χ3n) is 5.49. The van der Waals surface area contributed by atoms with Gasteiger partial charge in [0.05, 0.1) is 0 Å². The van der Waals surface area contributed by atoms with E-state index >= 15 is 0 Å². The maximum Gasteiger partial charge on any atom is 0.319 e. The Bertz CT molecular complexity index is 731. The number of anilines is 1. The lowest BCUT2D eigenvalue weighted by molar-refractivity contribution is 0.182. The molecule has 0 aliphatic carbocycles. The summed E-state index contributed by atoms with van der Waals surface area (Å²) in [6, 6.07) is 16.8. The average Bonchev–Trinajstić information content (AvgIpc) is 2.66. The number of piperidine rings is 1. The SMILES string of the molecule is Cc1cc(C)cc(NC(=O)NCCCN2CCC(Cc3ccccc3)CC2)c1. The molecule has 4 nitrogen and oxygen atoms in total. The van der Waals surface area contributed by atoms with E-state index in [1.54, 1.807) is 0 Å². The summed E-state index contributed by atoms with van der Waals surface area (Å²) in [5, 5.41) is 5.90. The molecule has 2 amide bonds. The molecule has 28 heavy (non-hydrogen) atoms. The first-order valence-electron chi connectivity index (χ1n) is 10.5. The van der Waals surface area contributed by atoms with Gasteiger partial charge in [-0.3, -0.25) is 0 Å². The van der Waals surface area contributed by atoms with E-state index in [1.807, 2.05) is 26.0 Å². The van der Waals surface area contributed by atoms with Gasteiger partial charge in [0, 0.05) is 12.2 Å². The number of amides is 2. The number of carbonyl (C=O) groups excluding carboxylic acids is 1. The summed E-state index contributed by atoms with van der Waals surface area (Å²) in [5.41, 5.74) is 4.63. The van der Waals surface area contributed by atoms with Gasteiger partial charge < -0.3 is 15.5 Å². The van der Waals surface area contributed by atoms with Crippen LogP contribution in [0.4, 0.5) is 10.5 Å². The van der Waals surface area contributed by atoms with Crippen molar-refractivity contribution >= 4 is 11.7 Å². The zero-order chi connectivity index (χ0) is 19.8. The molecule has 0 unspecified atom stereocenters. The maximum absolute atomic E-state index is 12.1. The van der Waals surface area contributed by atoms with Crippen LogP contribution >= 0.6 is 0 Å². The number of urea groups is 1. The second kappa shape index (κ2) is 10.3. The lowest BCUT2D eigenvalue weighted by atomic mass is 9.90. The van der Waals surface area contributed by atoms with Crippen LogP contribution in [0.5, 0.6) is 0 Å². The summed E-state index contributed by atoms with van der Waals surface area (Å²) in [7, 11) is 0. The Labute approximate surface area is 169 Å². The molecule has 150 valence electrons. The highest BCUT2D eigenvalue weighted by atomic mass is 16.2. The van der Waals surface area contributed by atoms with E-state index in [-0.39, 0.29) is 6.03 Å². The highest BCUT2D eigenvalue weighted by molar-refractivity contribution is 5.89. The van der Waals surface area contributed by atoms with Crippen LogP contribution in [0.1, 0.15) is 36.0 Å². The second-order valence-corrected chi connectivity index (χ2v) is 8.09. The van der Waals surface area contributed by atoms with Crippen molar-refractivity contribution in [1.29, 1.82) is 0 Å². The van der Waals surface area contributed by atoms with E-state index < -0.39 is 0 Å². The molecule has 0 bridgehead atoms. The number of aryl methyl sites for hydroxylation is 2. The van der Waals surface area contributed by atoms with Gasteiger partial charge in [0.15, 0.2) is 0 Å². The molecular weight excluding hydrogens is 346 g/mol. The Morgan fingerprint density at radius 2 is 1.71 bits per heavy atom. The van der Waals surface area contributed by atoms with Gasteiger partial charge in [-0.05, 0) is 93.9 Å². The van der Waals surface area contributed by atoms with Crippen LogP contribution in [0.15, 0.2) is 48.5 Å². The fourth-order valence-corrected chi connectivity index (χ4v) is 4.09. The van der Waals surface area contributed by atoms with Gasteiger partial charge in [0.25, 0.3) is 0 Å². The van der Waals surface area contributed by atoms with Gasteiger partial charge in [-0.2, -0.15) is 0 Å². The topological polar surface area (TPSA) is 44.4 Å². The van der Waals surface area contributed by atoms with Crippen LogP contribution in [0, 0.1) is 19.8 Å². The van der Waals surface area contributed by atoms with Crippen LogP contribution in [-0.2, 0) is 6.42 Å². The van der Waals surface area contributed by atoms with Crippen LogP contribution < -0.4 is 10.6 Å². The van der Waals surface area contributed by atoms with Crippen molar-refractivity contribution in [3.05, 3.63) is 65.2 Å². The first-order valence-corrected chi connectivity index (χ1v) is 10.5. The second-order valence-electron chi connectivity index (χ2n) is 8.09. The van der Waals surface area contributed by atoms with Gasteiger partial charge in [0.1, 0.15) is 0 Å². The van der Waals surface area contributed by atoms with Crippen molar-refractivity contribution in [2.45, 2.75) is 39.5 Å². The lowest BCUT2D eigenvalue weighted by Crippen LogP contribution is -2.37. The van der Waals surface area contributed by atoms with Crippen LogP contribution in [0.25, 0.3) is 0 Å². The molecule has 1 fully saturated rings. The fraction of sp³-hybridized carbons (Fsp3) is 0.458. The van der Waals surface area contributed by atoms with E-state index in [0.29, 0.717) is 6.54 Å². The third-order valence-corrected chi connectivity index (χ3v) is 5.49. The quantitative estimate of drug-likeness (QED) is 0.681. The van der Waals surface area contributed by atoms with Crippen molar-refractivity contribution in [1.82, 2.24) is 10.2 Å². The first-order chi connectivity index (χ1) is 13.6. The minimum absolute atomic E-state index is 0.119. The van der Waals surface area contributed by atoms with E-state index in [1.165, 1.54) is 37.9 Å². The van der Waals surface area contributed by atoms with Gasteiger partial charge in [-0.15, -0.1) is 0 Å². The molecule has 1 aliphatic heterocycles. The summed E-state index contributed by atoms with van der Waals surface area (Å²) in [6.07, 6.45) is 4.74. The number of benzene rings is 2. The molecular formula is C24H33N3O. The van der Waals surface area contributed by atoms with Gasteiger partial charge >= 0.3 is 6.03 Å².